The molecule has 20 heavy (non-hydrogen) atoms. The third-order valence-corrected chi connectivity index (χ3v) is 4.60. The van der Waals surface area contributed by atoms with Crippen LogP contribution in [0.1, 0.15) is 32.3 Å². The lowest BCUT2D eigenvalue weighted by atomic mass is 9.85. The van der Waals surface area contributed by atoms with Crippen LogP contribution in [0.25, 0.3) is 0 Å². The van der Waals surface area contributed by atoms with Gasteiger partial charge < -0.3 is 15.1 Å². The average Bonchev–Trinajstić information content (AvgIpc) is 2.92. The molecule has 0 aliphatic carbocycles. The van der Waals surface area contributed by atoms with Crippen molar-refractivity contribution in [2.75, 3.05) is 33.2 Å². The van der Waals surface area contributed by atoms with Crippen molar-refractivity contribution in [3.05, 3.63) is 24.2 Å². The maximum Gasteiger partial charge on any atom is 0.0947 e. The Morgan fingerprint density at radius 1 is 1.40 bits per heavy atom. The highest BCUT2D eigenvalue weighted by molar-refractivity contribution is 5.07. The molecule has 1 fully saturated rings. The van der Waals surface area contributed by atoms with E-state index in [-0.39, 0.29) is 5.54 Å². The van der Waals surface area contributed by atoms with Gasteiger partial charge in [-0.1, -0.05) is 13.8 Å². The summed E-state index contributed by atoms with van der Waals surface area (Å²) >= 11 is 0. The van der Waals surface area contributed by atoms with Gasteiger partial charge in [0, 0.05) is 30.7 Å². The molecule has 2 rings (SSSR count). The molecule has 1 saturated heterocycles. The summed E-state index contributed by atoms with van der Waals surface area (Å²) in [4.78, 5) is 4.99. The lowest BCUT2D eigenvalue weighted by Crippen LogP contribution is -2.58. The third-order valence-electron chi connectivity index (χ3n) is 4.60. The quantitative estimate of drug-likeness (QED) is 0.867. The molecule has 1 aromatic rings. The van der Waals surface area contributed by atoms with Crippen LogP contribution in [0.15, 0.2) is 23.0 Å². The zero-order valence-corrected chi connectivity index (χ0v) is 13.1. The normalized spacial score (nSPS) is 19.9. The predicted octanol–water partition coefficient (Wildman–Crippen LogP) is 2.16. The molecule has 1 aliphatic heterocycles. The second-order valence-corrected chi connectivity index (χ2v) is 6.61. The Morgan fingerprint density at radius 2 is 2.10 bits per heavy atom. The molecular weight excluding hydrogens is 250 g/mol. The van der Waals surface area contributed by atoms with E-state index in [1.165, 1.54) is 12.1 Å². The molecule has 0 saturated carbocycles. The molecule has 114 valence electrons. The Morgan fingerprint density at radius 3 is 2.60 bits per heavy atom. The SMILES string of the molecule is CC(C)CN1CCC(CN)(N(C)Cc2ccoc2)CC1. The van der Waals surface area contributed by atoms with E-state index in [2.05, 4.69) is 30.7 Å². The van der Waals surface area contributed by atoms with Crippen molar-refractivity contribution in [3.8, 4) is 0 Å². The number of nitrogens with two attached hydrogens (primary N) is 1. The first-order chi connectivity index (χ1) is 9.55. The molecular formula is C16H29N3O. The number of furan rings is 1. The molecule has 0 amide bonds. The van der Waals surface area contributed by atoms with Crippen molar-refractivity contribution in [1.29, 1.82) is 0 Å². The number of likely N-dealkylation sites (N-methyl/N-ethyl adjacent to an activating group) is 1. The van der Waals surface area contributed by atoms with Crippen LogP contribution in [0, 0.1) is 5.92 Å². The fraction of sp³-hybridized carbons (Fsp3) is 0.750. The summed E-state index contributed by atoms with van der Waals surface area (Å²) < 4.78 is 5.16. The van der Waals surface area contributed by atoms with Gasteiger partial charge in [-0.3, -0.25) is 4.90 Å². The lowest BCUT2D eigenvalue weighted by Gasteiger charge is -2.47. The van der Waals surface area contributed by atoms with E-state index >= 15 is 0 Å². The van der Waals surface area contributed by atoms with Crippen LogP contribution in [0.3, 0.4) is 0 Å². The molecule has 4 heteroatoms. The summed E-state index contributed by atoms with van der Waals surface area (Å²) in [7, 11) is 2.19. The molecule has 0 aromatic carbocycles. The summed E-state index contributed by atoms with van der Waals surface area (Å²) in [5, 5.41) is 0. The molecule has 1 aromatic heterocycles. The minimum Gasteiger partial charge on any atom is -0.472 e. The van der Waals surface area contributed by atoms with Gasteiger partial charge in [0.2, 0.25) is 0 Å². The minimum absolute atomic E-state index is 0.144. The zero-order valence-electron chi connectivity index (χ0n) is 13.1. The summed E-state index contributed by atoms with van der Waals surface area (Å²) in [5.41, 5.74) is 7.50. The van der Waals surface area contributed by atoms with E-state index < -0.39 is 0 Å². The molecule has 1 aliphatic rings. The van der Waals surface area contributed by atoms with Crippen LogP contribution in [0.2, 0.25) is 0 Å². The lowest BCUT2D eigenvalue weighted by molar-refractivity contribution is 0.0363. The molecule has 0 unspecified atom stereocenters. The standard InChI is InChI=1S/C16H29N3O/c1-14(2)10-19-7-5-16(13-17,6-8-19)18(3)11-15-4-9-20-12-15/h4,9,12,14H,5-8,10-11,13,17H2,1-3H3. The van der Waals surface area contributed by atoms with Gasteiger partial charge in [0.1, 0.15) is 0 Å². The van der Waals surface area contributed by atoms with E-state index in [1.54, 1.807) is 6.26 Å². The van der Waals surface area contributed by atoms with Crippen molar-refractivity contribution in [2.45, 2.75) is 38.8 Å². The van der Waals surface area contributed by atoms with Gasteiger partial charge in [0.25, 0.3) is 0 Å². The maximum atomic E-state index is 6.13. The highest BCUT2D eigenvalue weighted by Crippen LogP contribution is 2.28. The molecule has 0 spiro atoms. The number of nitrogens with zero attached hydrogens (tertiary/aromatic N) is 2. The Bertz CT molecular complexity index is 380. The fourth-order valence-electron chi connectivity index (χ4n) is 3.23. The van der Waals surface area contributed by atoms with E-state index in [0.717, 1.165) is 44.9 Å². The molecule has 2 heterocycles. The summed E-state index contributed by atoms with van der Waals surface area (Å²) in [5.74, 6) is 0.740. The molecule has 0 bridgehead atoms. The van der Waals surface area contributed by atoms with Crippen molar-refractivity contribution in [3.63, 3.8) is 0 Å². The summed E-state index contributed by atoms with van der Waals surface area (Å²) in [6.45, 7) is 9.74. The topological polar surface area (TPSA) is 45.6 Å². The van der Waals surface area contributed by atoms with Gasteiger partial charge in [-0.15, -0.1) is 0 Å². The first-order valence-electron chi connectivity index (χ1n) is 7.70. The van der Waals surface area contributed by atoms with E-state index in [1.807, 2.05) is 12.3 Å². The third kappa shape index (κ3) is 3.62. The van der Waals surface area contributed by atoms with Gasteiger partial charge in [-0.25, -0.2) is 0 Å². The van der Waals surface area contributed by atoms with Crippen LogP contribution in [0.4, 0.5) is 0 Å². The van der Waals surface area contributed by atoms with E-state index in [9.17, 15) is 0 Å². The largest absolute Gasteiger partial charge is 0.472 e. The number of likely N-dealkylation sites (tertiary alicyclic amines) is 1. The van der Waals surface area contributed by atoms with Gasteiger partial charge in [0.05, 0.1) is 12.5 Å². The molecule has 4 nitrogen and oxygen atoms in total. The second kappa shape index (κ2) is 6.74. The van der Waals surface area contributed by atoms with Crippen molar-refractivity contribution in [2.24, 2.45) is 11.7 Å². The Balaban J connectivity index is 1.93. The van der Waals surface area contributed by atoms with Crippen LogP contribution in [-0.4, -0.2) is 48.6 Å². The Kier molecular flexibility index (Phi) is 5.24. The Hall–Kier alpha value is -0.840. The number of hydrogen-bond acceptors (Lipinski definition) is 4. The van der Waals surface area contributed by atoms with Gasteiger partial charge in [0.15, 0.2) is 0 Å². The first kappa shape index (κ1) is 15.5. The van der Waals surface area contributed by atoms with Crippen LogP contribution < -0.4 is 5.73 Å². The number of piperidine rings is 1. The molecule has 2 N–H and O–H groups in total. The monoisotopic (exact) mass is 279 g/mol. The van der Waals surface area contributed by atoms with Crippen LogP contribution in [0.5, 0.6) is 0 Å². The summed E-state index contributed by atoms with van der Waals surface area (Å²) in [6.07, 6.45) is 5.88. The fourth-order valence-corrected chi connectivity index (χ4v) is 3.23. The summed E-state index contributed by atoms with van der Waals surface area (Å²) in [6, 6.07) is 2.04. The zero-order chi connectivity index (χ0) is 14.6. The first-order valence-corrected chi connectivity index (χ1v) is 7.70. The molecule has 0 atom stereocenters. The van der Waals surface area contributed by atoms with Gasteiger partial charge >= 0.3 is 0 Å². The smallest absolute Gasteiger partial charge is 0.0947 e. The van der Waals surface area contributed by atoms with Crippen LogP contribution >= 0.6 is 0 Å². The second-order valence-electron chi connectivity index (χ2n) is 6.61. The number of rotatable bonds is 6. The van der Waals surface area contributed by atoms with Gasteiger partial charge in [-0.05, 0) is 45.0 Å². The van der Waals surface area contributed by atoms with Crippen molar-refractivity contribution in [1.82, 2.24) is 9.80 Å². The average molecular weight is 279 g/mol. The Labute approximate surface area is 122 Å². The van der Waals surface area contributed by atoms with E-state index in [4.69, 9.17) is 10.2 Å². The van der Waals surface area contributed by atoms with Crippen molar-refractivity contribution >= 4 is 0 Å². The maximum absolute atomic E-state index is 6.13. The van der Waals surface area contributed by atoms with Gasteiger partial charge in [-0.2, -0.15) is 0 Å². The highest BCUT2D eigenvalue weighted by Gasteiger charge is 2.36. The minimum atomic E-state index is 0.144. The number of hydrogen-bond donors (Lipinski definition) is 1. The highest BCUT2D eigenvalue weighted by atomic mass is 16.3. The van der Waals surface area contributed by atoms with Crippen molar-refractivity contribution < 1.29 is 4.42 Å². The van der Waals surface area contributed by atoms with E-state index in [0.29, 0.717) is 0 Å². The van der Waals surface area contributed by atoms with Crippen LogP contribution in [-0.2, 0) is 6.54 Å². The predicted molar refractivity (Wildman–Crippen MR) is 82.5 cm³/mol. The molecule has 0 radical (unpaired) electrons.